The number of amides is 2. The number of carbonyl (C=O) groups excluding carboxylic acids is 2. The van der Waals surface area contributed by atoms with Gasteiger partial charge in [-0.1, -0.05) is 13.8 Å². The average molecular weight is 341 g/mol. The Balaban J connectivity index is 1.81. The predicted octanol–water partition coefficient (Wildman–Crippen LogP) is 3.34. The van der Waals surface area contributed by atoms with E-state index in [1.54, 1.807) is 43.5 Å². The highest BCUT2D eigenvalue weighted by molar-refractivity contribution is 5.94. The molecule has 6 heteroatoms. The van der Waals surface area contributed by atoms with Crippen LogP contribution in [0.25, 0.3) is 0 Å². The normalized spacial score (nSPS) is 10.2. The van der Waals surface area contributed by atoms with Gasteiger partial charge < -0.3 is 20.7 Å². The van der Waals surface area contributed by atoms with Gasteiger partial charge in [-0.15, -0.1) is 0 Å². The van der Waals surface area contributed by atoms with Crippen molar-refractivity contribution in [3.63, 3.8) is 0 Å². The molecule has 132 valence electrons. The van der Waals surface area contributed by atoms with Crippen LogP contribution in [0, 0.1) is 5.92 Å². The number of ether oxygens (including phenoxy) is 1. The van der Waals surface area contributed by atoms with E-state index in [9.17, 15) is 9.59 Å². The summed E-state index contributed by atoms with van der Waals surface area (Å²) in [4.78, 5) is 23.6. The number of carbonyl (C=O) groups is 2. The van der Waals surface area contributed by atoms with Gasteiger partial charge in [-0.2, -0.15) is 0 Å². The van der Waals surface area contributed by atoms with Crippen LogP contribution in [0.5, 0.6) is 5.75 Å². The van der Waals surface area contributed by atoms with E-state index < -0.39 is 0 Å². The van der Waals surface area contributed by atoms with Crippen molar-refractivity contribution in [2.45, 2.75) is 13.8 Å². The van der Waals surface area contributed by atoms with Crippen LogP contribution in [0.15, 0.2) is 48.5 Å². The molecule has 0 heterocycles. The van der Waals surface area contributed by atoms with E-state index in [1.165, 1.54) is 0 Å². The van der Waals surface area contributed by atoms with Crippen LogP contribution in [-0.4, -0.2) is 25.5 Å². The lowest BCUT2D eigenvalue weighted by molar-refractivity contribution is -0.119. The zero-order chi connectivity index (χ0) is 18.2. The number of rotatable bonds is 7. The Morgan fingerprint density at radius 2 is 1.40 bits per heavy atom. The van der Waals surface area contributed by atoms with Crippen LogP contribution in [0.3, 0.4) is 0 Å². The molecule has 3 N–H and O–H groups in total. The van der Waals surface area contributed by atoms with E-state index in [4.69, 9.17) is 4.74 Å². The molecule has 2 aromatic carbocycles. The van der Waals surface area contributed by atoms with Gasteiger partial charge in [0.1, 0.15) is 5.75 Å². The van der Waals surface area contributed by atoms with Crippen LogP contribution in [0.1, 0.15) is 13.8 Å². The molecule has 0 spiro atoms. The minimum absolute atomic E-state index is 0.0282. The summed E-state index contributed by atoms with van der Waals surface area (Å²) in [6.45, 7) is 3.82. The topological polar surface area (TPSA) is 79.5 Å². The number of nitrogens with one attached hydrogen (secondary N) is 3. The summed E-state index contributed by atoms with van der Waals surface area (Å²) in [7, 11) is 1.59. The molecule has 0 saturated heterocycles. The van der Waals surface area contributed by atoms with Crippen molar-refractivity contribution in [3.05, 3.63) is 48.5 Å². The second kappa shape index (κ2) is 8.73. The molecule has 6 nitrogen and oxygen atoms in total. The first-order chi connectivity index (χ1) is 12.0. The van der Waals surface area contributed by atoms with Crippen molar-refractivity contribution in [1.29, 1.82) is 0 Å². The largest absolute Gasteiger partial charge is 0.497 e. The molecule has 0 bridgehead atoms. The lowest BCUT2D eigenvalue weighted by Crippen LogP contribution is -2.21. The van der Waals surface area contributed by atoms with Crippen LogP contribution in [-0.2, 0) is 9.59 Å². The Labute approximate surface area is 147 Å². The third-order valence-electron chi connectivity index (χ3n) is 3.50. The number of hydrogen-bond donors (Lipinski definition) is 3. The lowest BCUT2D eigenvalue weighted by atomic mass is 10.2. The van der Waals surface area contributed by atoms with Crippen LogP contribution in [0.4, 0.5) is 17.1 Å². The summed E-state index contributed by atoms with van der Waals surface area (Å²) < 4.78 is 5.07. The highest BCUT2D eigenvalue weighted by Crippen LogP contribution is 2.16. The van der Waals surface area contributed by atoms with E-state index in [1.807, 2.05) is 26.0 Å². The molecule has 0 aliphatic rings. The molecule has 2 rings (SSSR count). The van der Waals surface area contributed by atoms with E-state index in [-0.39, 0.29) is 24.3 Å². The zero-order valence-corrected chi connectivity index (χ0v) is 14.6. The standard InChI is InChI=1S/C19H23N3O3/c1-13(2)19(24)22-16-6-4-14(5-7-16)20-12-18(23)21-15-8-10-17(25-3)11-9-15/h4-11,13,20H,12H2,1-3H3,(H,21,23)(H,22,24). The maximum Gasteiger partial charge on any atom is 0.243 e. The fraction of sp³-hybridized carbons (Fsp3) is 0.263. The van der Waals surface area contributed by atoms with Gasteiger partial charge in [0.25, 0.3) is 0 Å². The molecular weight excluding hydrogens is 318 g/mol. The Bertz CT molecular complexity index is 710. The number of benzene rings is 2. The summed E-state index contributed by atoms with van der Waals surface area (Å²) >= 11 is 0. The molecule has 25 heavy (non-hydrogen) atoms. The fourth-order valence-corrected chi connectivity index (χ4v) is 2.02. The molecule has 0 aromatic heterocycles. The van der Waals surface area contributed by atoms with Gasteiger partial charge >= 0.3 is 0 Å². The molecule has 0 aliphatic carbocycles. The smallest absolute Gasteiger partial charge is 0.243 e. The van der Waals surface area contributed by atoms with Crippen molar-refractivity contribution < 1.29 is 14.3 Å². The van der Waals surface area contributed by atoms with Gasteiger partial charge in [0.15, 0.2) is 0 Å². The number of methoxy groups -OCH3 is 1. The monoisotopic (exact) mass is 341 g/mol. The summed E-state index contributed by atoms with van der Waals surface area (Å²) in [6, 6.07) is 14.4. The Morgan fingerprint density at radius 1 is 0.880 bits per heavy atom. The van der Waals surface area contributed by atoms with E-state index >= 15 is 0 Å². The minimum atomic E-state index is -0.151. The minimum Gasteiger partial charge on any atom is -0.497 e. The van der Waals surface area contributed by atoms with Gasteiger partial charge in [-0.05, 0) is 48.5 Å². The fourth-order valence-electron chi connectivity index (χ4n) is 2.02. The molecule has 0 fully saturated rings. The maximum absolute atomic E-state index is 12.0. The van der Waals surface area contributed by atoms with Crippen LogP contribution in [0.2, 0.25) is 0 Å². The lowest BCUT2D eigenvalue weighted by Gasteiger charge is -2.10. The molecule has 0 radical (unpaired) electrons. The first kappa shape index (κ1) is 18.3. The molecule has 2 amide bonds. The highest BCUT2D eigenvalue weighted by atomic mass is 16.5. The molecule has 2 aromatic rings. The zero-order valence-electron chi connectivity index (χ0n) is 14.6. The Kier molecular flexibility index (Phi) is 6.39. The van der Waals surface area contributed by atoms with Crippen molar-refractivity contribution in [2.75, 3.05) is 29.6 Å². The number of anilines is 3. The predicted molar refractivity (Wildman–Crippen MR) is 100 cm³/mol. The van der Waals surface area contributed by atoms with E-state index in [0.29, 0.717) is 5.69 Å². The second-order valence-electron chi connectivity index (χ2n) is 5.85. The van der Waals surface area contributed by atoms with E-state index in [0.717, 1.165) is 17.1 Å². The van der Waals surface area contributed by atoms with E-state index in [2.05, 4.69) is 16.0 Å². The first-order valence-corrected chi connectivity index (χ1v) is 8.06. The third-order valence-corrected chi connectivity index (χ3v) is 3.50. The highest BCUT2D eigenvalue weighted by Gasteiger charge is 2.07. The van der Waals surface area contributed by atoms with Gasteiger partial charge in [0.2, 0.25) is 11.8 Å². The number of hydrogen-bond acceptors (Lipinski definition) is 4. The van der Waals surface area contributed by atoms with Crippen molar-refractivity contribution in [1.82, 2.24) is 0 Å². The van der Waals surface area contributed by atoms with Gasteiger partial charge in [-0.3, -0.25) is 9.59 Å². The maximum atomic E-state index is 12.0. The summed E-state index contributed by atoms with van der Waals surface area (Å²) in [6.07, 6.45) is 0. The summed E-state index contributed by atoms with van der Waals surface area (Å²) in [5.74, 6) is 0.488. The van der Waals surface area contributed by atoms with Crippen LogP contribution < -0.4 is 20.7 Å². The molecule has 0 saturated carbocycles. The SMILES string of the molecule is COc1ccc(NC(=O)CNc2ccc(NC(=O)C(C)C)cc2)cc1. The van der Waals surface area contributed by atoms with Crippen molar-refractivity contribution in [3.8, 4) is 5.75 Å². The average Bonchev–Trinajstić information content (AvgIpc) is 2.61. The van der Waals surface area contributed by atoms with Gasteiger partial charge in [0.05, 0.1) is 13.7 Å². The first-order valence-electron chi connectivity index (χ1n) is 8.06. The van der Waals surface area contributed by atoms with Gasteiger partial charge in [0, 0.05) is 23.0 Å². The van der Waals surface area contributed by atoms with Crippen molar-refractivity contribution in [2.24, 2.45) is 5.92 Å². The molecule has 0 aliphatic heterocycles. The summed E-state index contributed by atoms with van der Waals surface area (Å²) in [5, 5.41) is 8.66. The summed E-state index contributed by atoms with van der Waals surface area (Å²) in [5.41, 5.74) is 2.23. The van der Waals surface area contributed by atoms with Crippen LogP contribution >= 0.6 is 0 Å². The Hall–Kier alpha value is -3.02. The second-order valence-corrected chi connectivity index (χ2v) is 5.85. The third kappa shape index (κ3) is 5.84. The molecule has 0 atom stereocenters. The Morgan fingerprint density at radius 3 is 1.96 bits per heavy atom. The van der Waals surface area contributed by atoms with Crippen molar-refractivity contribution >= 4 is 28.9 Å². The molecular formula is C19H23N3O3. The quantitative estimate of drug-likeness (QED) is 0.722. The molecule has 0 unspecified atom stereocenters. The van der Waals surface area contributed by atoms with Gasteiger partial charge in [-0.25, -0.2) is 0 Å².